The molecule has 4 nitrogen and oxygen atoms in total. The van der Waals surface area contributed by atoms with Crippen LogP contribution in [0.2, 0.25) is 0 Å². The fourth-order valence-corrected chi connectivity index (χ4v) is 2.63. The van der Waals surface area contributed by atoms with Crippen molar-refractivity contribution in [3.8, 4) is 5.75 Å². The van der Waals surface area contributed by atoms with E-state index in [9.17, 15) is 0 Å². The van der Waals surface area contributed by atoms with Gasteiger partial charge in [-0.3, -0.25) is 0 Å². The minimum atomic E-state index is 0.402. The zero-order valence-electron chi connectivity index (χ0n) is 13.1. The summed E-state index contributed by atoms with van der Waals surface area (Å²) in [5, 5.41) is 0. The van der Waals surface area contributed by atoms with Gasteiger partial charge in [0.05, 0.1) is 6.10 Å². The number of rotatable bonds is 8. The monoisotopic (exact) mass is 292 g/mol. The third kappa shape index (κ3) is 6.04. The predicted octanol–water partition coefficient (Wildman–Crippen LogP) is 2.07. The molecule has 0 bridgehead atoms. The van der Waals surface area contributed by atoms with Gasteiger partial charge in [-0.2, -0.15) is 0 Å². The summed E-state index contributed by atoms with van der Waals surface area (Å²) in [6.45, 7) is 4.24. The molecule has 0 aromatic heterocycles. The van der Waals surface area contributed by atoms with Crippen molar-refractivity contribution in [3.05, 3.63) is 29.8 Å². The van der Waals surface area contributed by atoms with E-state index in [0.717, 1.165) is 31.9 Å². The van der Waals surface area contributed by atoms with Crippen LogP contribution in [0.1, 0.15) is 24.8 Å². The van der Waals surface area contributed by atoms with Gasteiger partial charge in [-0.15, -0.1) is 0 Å². The van der Waals surface area contributed by atoms with Crippen molar-refractivity contribution >= 4 is 0 Å². The fourth-order valence-electron chi connectivity index (χ4n) is 2.63. The minimum Gasteiger partial charge on any atom is -0.492 e. The molecule has 1 saturated heterocycles. The molecule has 1 aliphatic rings. The first-order valence-corrected chi connectivity index (χ1v) is 8.00. The first-order valence-electron chi connectivity index (χ1n) is 8.00. The highest BCUT2D eigenvalue weighted by molar-refractivity contribution is 5.27. The average molecular weight is 292 g/mol. The van der Waals surface area contributed by atoms with Crippen LogP contribution in [0.4, 0.5) is 0 Å². The van der Waals surface area contributed by atoms with Crippen molar-refractivity contribution in [3.63, 3.8) is 0 Å². The maximum Gasteiger partial charge on any atom is 0.119 e. The van der Waals surface area contributed by atoms with Gasteiger partial charge in [0.25, 0.3) is 0 Å². The lowest BCUT2D eigenvalue weighted by Gasteiger charge is -2.27. The van der Waals surface area contributed by atoms with Gasteiger partial charge in [-0.25, -0.2) is 0 Å². The number of nitrogens with zero attached hydrogens (tertiary/aromatic N) is 1. The molecule has 1 aromatic carbocycles. The Hall–Kier alpha value is -1.10. The Kier molecular flexibility index (Phi) is 7.00. The van der Waals surface area contributed by atoms with Crippen LogP contribution in [0.15, 0.2) is 24.3 Å². The Labute approximate surface area is 128 Å². The fraction of sp³-hybridized carbons (Fsp3) is 0.647. The molecule has 1 atom stereocenters. The van der Waals surface area contributed by atoms with E-state index in [0.29, 0.717) is 19.3 Å². The lowest BCUT2D eigenvalue weighted by molar-refractivity contribution is -0.00282. The molecule has 0 saturated carbocycles. The summed E-state index contributed by atoms with van der Waals surface area (Å²) in [6, 6.07) is 8.22. The molecule has 4 heteroatoms. The maximum atomic E-state index is 5.79. The van der Waals surface area contributed by atoms with Crippen LogP contribution >= 0.6 is 0 Å². The van der Waals surface area contributed by atoms with Crippen LogP contribution in [0.3, 0.4) is 0 Å². The van der Waals surface area contributed by atoms with E-state index in [4.69, 9.17) is 15.2 Å². The summed E-state index contributed by atoms with van der Waals surface area (Å²) in [4.78, 5) is 2.29. The molecule has 1 fully saturated rings. The maximum absolute atomic E-state index is 5.79. The lowest BCUT2D eigenvalue weighted by Crippen LogP contribution is -2.35. The highest BCUT2D eigenvalue weighted by Crippen LogP contribution is 2.14. The molecule has 0 spiro atoms. The topological polar surface area (TPSA) is 47.7 Å². The van der Waals surface area contributed by atoms with Gasteiger partial charge >= 0.3 is 0 Å². The van der Waals surface area contributed by atoms with Gasteiger partial charge in [0, 0.05) is 19.7 Å². The Balaban J connectivity index is 1.63. The molecular weight excluding hydrogens is 264 g/mol. The Bertz CT molecular complexity index is 388. The number of nitrogens with two attached hydrogens (primary N) is 1. The quantitative estimate of drug-likeness (QED) is 0.797. The van der Waals surface area contributed by atoms with Crippen LogP contribution in [0.5, 0.6) is 5.75 Å². The van der Waals surface area contributed by atoms with Gasteiger partial charge in [-0.1, -0.05) is 12.1 Å². The zero-order chi connectivity index (χ0) is 14.9. The van der Waals surface area contributed by atoms with E-state index in [1.165, 1.54) is 24.8 Å². The van der Waals surface area contributed by atoms with Crippen LogP contribution < -0.4 is 10.5 Å². The predicted molar refractivity (Wildman–Crippen MR) is 85.8 cm³/mol. The number of hydrogen-bond donors (Lipinski definition) is 1. The van der Waals surface area contributed by atoms with Crippen LogP contribution in [0, 0.1) is 0 Å². The lowest BCUT2D eigenvalue weighted by atomic mass is 10.1. The van der Waals surface area contributed by atoms with E-state index in [1.54, 1.807) is 0 Å². The van der Waals surface area contributed by atoms with Gasteiger partial charge < -0.3 is 20.1 Å². The van der Waals surface area contributed by atoms with Crippen molar-refractivity contribution in [1.82, 2.24) is 4.90 Å². The molecule has 1 heterocycles. The molecular formula is C17H28N2O2. The van der Waals surface area contributed by atoms with Gasteiger partial charge in [0.1, 0.15) is 12.4 Å². The van der Waals surface area contributed by atoms with Crippen molar-refractivity contribution in [1.29, 1.82) is 0 Å². The van der Waals surface area contributed by atoms with Crippen LogP contribution in [0.25, 0.3) is 0 Å². The zero-order valence-corrected chi connectivity index (χ0v) is 13.1. The minimum absolute atomic E-state index is 0.402. The number of benzene rings is 1. The summed E-state index contributed by atoms with van der Waals surface area (Å²) in [5.74, 6) is 0.929. The molecule has 1 unspecified atom stereocenters. The van der Waals surface area contributed by atoms with Gasteiger partial charge in [-0.05, 0) is 57.0 Å². The van der Waals surface area contributed by atoms with Crippen molar-refractivity contribution in [2.75, 3.05) is 39.9 Å². The summed E-state index contributed by atoms with van der Waals surface area (Å²) in [7, 11) is 2.13. The second-order valence-electron chi connectivity index (χ2n) is 5.78. The molecule has 2 N–H and O–H groups in total. The normalized spacial score (nSPS) is 18.9. The van der Waals surface area contributed by atoms with E-state index < -0.39 is 0 Å². The molecule has 0 radical (unpaired) electrons. The Morgan fingerprint density at radius 3 is 2.76 bits per heavy atom. The van der Waals surface area contributed by atoms with Crippen LogP contribution in [-0.4, -0.2) is 50.9 Å². The average Bonchev–Trinajstić information content (AvgIpc) is 2.50. The van der Waals surface area contributed by atoms with Gasteiger partial charge in [0.15, 0.2) is 0 Å². The number of hydrogen-bond acceptors (Lipinski definition) is 4. The second kappa shape index (κ2) is 9.03. The summed E-state index contributed by atoms with van der Waals surface area (Å²) >= 11 is 0. The summed E-state index contributed by atoms with van der Waals surface area (Å²) < 4.78 is 11.5. The van der Waals surface area contributed by atoms with E-state index in [2.05, 4.69) is 24.1 Å². The van der Waals surface area contributed by atoms with Crippen molar-refractivity contribution in [2.45, 2.75) is 31.8 Å². The highest BCUT2D eigenvalue weighted by Gasteiger charge is 2.15. The Morgan fingerprint density at radius 2 is 2.10 bits per heavy atom. The SMILES string of the molecule is CN(CCOc1ccc(CCN)cc1)CC1CCCCO1. The first-order chi connectivity index (χ1) is 10.3. The standard InChI is InChI=1S/C17H28N2O2/c1-19(14-17-4-2-3-12-20-17)11-13-21-16-7-5-15(6-8-16)9-10-18/h5-8,17H,2-4,9-14,18H2,1H3. The molecule has 0 aliphatic carbocycles. The second-order valence-corrected chi connectivity index (χ2v) is 5.78. The molecule has 1 aromatic rings. The highest BCUT2D eigenvalue weighted by atomic mass is 16.5. The largest absolute Gasteiger partial charge is 0.492 e. The van der Waals surface area contributed by atoms with E-state index >= 15 is 0 Å². The number of ether oxygens (including phenoxy) is 2. The van der Waals surface area contributed by atoms with E-state index in [-0.39, 0.29) is 0 Å². The van der Waals surface area contributed by atoms with Crippen molar-refractivity contribution in [2.24, 2.45) is 5.73 Å². The third-order valence-corrected chi connectivity index (χ3v) is 3.89. The first kappa shape index (κ1) is 16.3. The van der Waals surface area contributed by atoms with E-state index in [1.807, 2.05) is 12.1 Å². The molecule has 21 heavy (non-hydrogen) atoms. The summed E-state index contributed by atoms with van der Waals surface area (Å²) in [5.41, 5.74) is 6.80. The molecule has 2 rings (SSSR count). The molecule has 118 valence electrons. The van der Waals surface area contributed by atoms with Gasteiger partial charge in [0.2, 0.25) is 0 Å². The van der Waals surface area contributed by atoms with Crippen molar-refractivity contribution < 1.29 is 9.47 Å². The third-order valence-electron chi connectivity index (χ3n) is 3.89. The number of likely N-dealkylation sites (N-methyl/N-ethyl adjacent to an activating group) is 1. The Morgan fingerprint density at radius 1 is 1.29 bits per heavy atom. The summed E-state index contributed by atoms with van der Waals surface area (Å²) in [6.07, 6.45) is 5.02. The smallest absolute Gasteiger partial charge is 0.119 e. The van der Waals surface area contributed by atoms with Crippen LogP contribution in [-0.2, 0) is 11.2 Å². The molecule has 0 amide bonds. The molecule has 1 aliphatic heterocycles.